The number of benzene rings is 2. The van der Waals surface area contributed by atoms with Gasteiger partial charge in [0.25, 0.3) is 5.91 Å². The maximum atomic E-state index is 13.1. The molecule has 1 aliphatic rings. The largest absolute Gasteiger partial charge is 0.491 e. The van der Waals surface area contributed by atoms with Crippen LogP contribution in [0.5, 0.6) is 5.75 Å². The number of imide groups is 1. The number of ether oxygens (including phenoxy) is 1. The summed E-state index contributed by atoms with van der Waals surface area (Å²) in [6.07, 6.45) is 0.357. The zero-order valence-corrected chi connectivity index (χ0v) is 18.8. The molecule has 7 nitrogen and oxygen atoms in total. The lowest BCUT2D eigenvalue weighted by atomic mass is 9.87. The second-order valence-electron chi connectivity index (χ2n) is 6.69. The molecule has 1 heterocycles. The number of carbonyl (C=O) groups is 3. The van der Waals surface area contributed by atoms with Gasteiger partial charge in [-0.1, -0.05) is 48.9 Å². The van der Waals surface area contributed by atoms with Crippen LogP contribution >= 0.6 is 27.5 Å². The predicted octanol–water partition coefficient (Wildman–Crippen LogP) is 4.30. The molecule has 1 unspecified atom stereocenters. The zero-order chi connectivity index (χ0) is 21.9. The summed E-state index contributed by atoms with van der Waals surface area (Å²) < 4.78 is 6.14. The van der Waals surface area contributed by atoms with E-state index in [1.807, 2.05) is 19.9 Å². The van der Waals surface area contributed by atoms with Gasteiger partial charge in [-0.15, -0.1) is 0 Å². The van der Waals surface area contributed by atoms with Crippen LogP contribution in [-0.4, -0.2) is 35.9 Å². The van der Waals surface area contributed by atoms with Crippen LogP contribution in [0.4, 0.5) is 10.5 Å². The highest BCUT2D eigenvalue weighted by atomic mass is 79.9. The van der Waals surface area contributed by atoms with Gasteiger partial charge < -0.3 is 15.4 Å². The Hall–Kier alpha value is -2.58. The minimum absolute atomic E-state index is 0.345. The van der Waals surface area contributed by atoms with Crippen LogP contribution in [-0.2, 0) is 15.1 Å². The van der Waals surface area contributed by atoms with Gasteiger partial charge in [-0.05, 0) is 47.0 Å². The molecule has 1 fully saturated rings. The number of hydrogen-bond acceptors (Lipinski definition) is 4. The molecule has 4 amide bonds. The molecule has 2 N–H and O–H groups in total. The number of rotatable bonds is 7. The average molecular weight is 495 g/mol. The average Bonchev–Trinajstić information content (AvgIpc) is 2.96. The first-order chi connectivity index (χ1) is 14.3. The SMILES string of the molecule is CCOc1c(Br)cc(Cl)cc1NC(=O)CN1C(=O)NC(CC)(c2ccccc2)C1=O. The minimum Gasteiger partial charge on any atom is -0.491 e. The fraction of sp³-hybridized carbons (Fsp3) is 0.286. The Morgan fingerprint density at radius 1 is 1.23 bits per heavy atom. The van der Waals surface area contributed by atoms with Gasteiger partial charge in [-0.2, -0.15) is 0 Å². The number of nitrogens with zero attached hydrogens (tertiary/aromatic N) is 1. The van der Waals surface area contributed by atoms with Crippen molar-refractivity contribution in [3.63, 3.8) is 0 Å². The summed E-state index contributed by atoms with van der Waals surface area (Å²) in [7, 11) is 0. The van der Waals surface area contributed by atoms with Crippen LogP contribution in [0.25, 0.3) is 0 Å². The maximum Gasteiger partial charge on any atom is 0.325 e. The third-order valence-corrected chi connectivity index (χ3v) is 5.65. The lowest BCUT2D eigenvalue weighted by Crippen LogP contribution is -2.44. The molecule has 0 aliphatic carbocycles. The topological polar surface area (TPSA) is 87.7 Å². The molecule has 0 bridgehead atoms. The number of nitrogens with one attached hydrogen (secondary N) is 2. The highest BCUT2D eigenvalue weighted by Crippen LogP contribution is 2.37. The van der Waals surface area contributed by atoms with Crippen LogP contribution in [0.3, 0.4) is 0 Å². The summed E-state index contributed by atoms with van der Waals surface area (Å²) in [5.41, 5.74) is -0.168. The first-order valence-corrected chi connectivity index (χ1v) is 10.6. The summed E-state index contributed by atoms with van der Waals surface area (Å²) in [6.45, 7) is 3.57. The van der Waals surface area contributed by atoms with Crippen LogP contribution in [0.15, 0.2) is 46.9 Å². The van der Waals surface area contributed by atoms with Crippen LogP contribution in [0.2, 0.25) is 5.02 Å². The molecule has 0 spiro atoms. The molecule has 30 heavy (non-hydrogen) atoms. The molecular formula is C21H21BrClN3O4. The quantitative estimate of drug-likeness (QED) is 0.562. The van der Waals surface area contributed by atoms with Crippen molar-refractivity contribution in [1.29, 1.82) is 0 Å². The lowest BCUT2D eigenvalue weighted by Gasteiger charge is -2.25. The number of halogens is 2. The molecule has 2 aromatic carbocycles. The van der Waals surface area contributed by atoms with Crippen molar-refractivity contribution < 1.29 is 19.1 Å². The van der Waals surface area contributed by atoms with E-state index in [1.165, 1.54) is 0 Å². The fourth-order valence-electron chi connectivity index (χ4n) is 3.41. The van der Waals surface area contributed by atoms with Crippen molar-refractivity contribution in [2.24, 2.45) is 0 Å². The first kappa shape index (κ1) is 22.1. The summed E-state index contributed by atoms with van der Waals surface area (Å²) in [5, 5.41) is 5.83. The van der Waals surface area contributed by atoms with E-state index in [2.05, 4.69) is 26.6 Å². The Morgan fingerprint density at radius 3 is 2.57 bits per heavy atom. The third-order valence-electron chi connectivity index (χ3n) is 4.85. The van der Waals surface area contributed by atoms with E-state index in [0.717, 1.165) is 4.90 Å². The van der Waals surface area contributed by atoms with Gasteiger partial charge in [0.15, 0.2) is 5.75 Å². The van der Waals surface area contributed by atoms with Crippen LogP contribution in [0, 0.1) is 0 Å². The minimum atomic E-state index is -1.19. The smallest absolute Gasteiger partial charge is 0.325 e. The highest BCUT2D eigenvalue weighted by Gasteiger charge is 2.51. The van der Waals surface area contributed by atoms with Crippen molar-refractivity contribution in [3.8, 4) is 5.75 Å². The van der Waals surface area contributed by atoms with Crippen molar-refractivity contribution in [2.45, 2.75) is 25.8 Å². The molecule has 1 saturated heterocycles. The zero-order valence-electron chi connectivity index (χ0n) is 16.5. The second kappa shape index (κ2) is 9.06. The third kappa shape index (κ3) is 4.15. The molecule has 2 aromatic rings. The second-order valence-corrected chi connectivity index (χ2v) is 7.98. The van der Waals surface area contributed by atoms with E-state index in [-0.39, 0.29) is 0 Å². The molecule has 0 radical (unpaired) electrons. The van der Waals surface area contributed by atoms with E-state index in [9.17, 15) is 14.4 Å². The van der Waals surface area contributed by atoms with Gasteiger partial charge in [0.1, 0.15) is 12.1 Å². The van der Waals surface area contributed by atoms with E-state index in [4.69, 9.17) is 16.3 Å². The fourth-order valence-corrected chi connectivity index (χ4v) is 4.33. The summed E-state index contributed by atoms with van der Waals surface area (Å²) >= 11 is 9.44. The van der Waals surface area contributed by atoms with Gasteiger partial charge in [-0.25, -0.2) is 4.79 Å². The highest BCUT2D eigenvalue weighted by molar-refractivity contribution is 9.10. The standard InChI is InChI=1S/C21H21BrClN3O4/c1-3-21(13-8-6-5-7-9-13)19(28)26(20(29)25-21)12-17(27)24-16-11-14(23)10-15(22)18(16)30-4-2/h5-11H,3-4,12H2,1-2H3,(H,24,27)(H,25,29). The van der Waals surface area contributed by atoms with Gasteiger partial charge in [0, 0.05) is 5.02 Å². The van der Waals surface area contributed by atoms with E-state index < -0.39 is 29.9 Å². The number of hydrogen-bond donors (Lipinski definition) is 2. The molecule has 0 saturated carbocycles. The molecule has 1 aliphatic heterocycles. The van der Waals surface area contributed by atoms with Crippen LogP contribution in [0.1, 0.15) is 25.8 Å². The Balaban J connectivity index is 1.81. The summed E-state index contributed by atoms with van der Waals surface area (Å²) in [6, 6.07) is 11.6. The Kier molecular flexibility index (Phi) is 6.67. The van der Waals surface area contributed by atoms with Gasteiger partial charge in [-0.3, -0.25) is 14.5 Å². The molecule has 0 aromatic heterocycles. The Morgan fingerprint density at radius 2 is 1.93 bits per heavy atom. The monoisotopic (exact) mass is 493 g/mol. The Labute approximate surface area is 187 Å². The molecule has 9 heteroatoms. The lowest BCUT2D eigenvalue weighted by molar-refractivity contribution is -0.134. The molecule has 1 atom stereocenters. The van der Waals surface area contributed by atoms with Crippen molar-refractivity contribution in [1.82, 2.24) is 10.2 Å². The summed E-state index contributed by atoms with van der Waals surface area (Å²) in [5.74, 6) is -0.595. The first-order valence-electron chi connectivity index (χ1n) is 9.43. The van der Waals surface area contributed by atoms with Gasteiger partial charge >= 0.3 is 6.03 Å². The number of carbonyl (C=O) groups excluding carboxylic acids is 3. The number of anilines is 1. The van der Waals surface area contributed by atoms with E-state index >= 15 is 0 Å². The van der Waals surface area contributed by atoms with Gasteiger partial charge in [0.2, 0.25) is 5.91 Å². The molecular weight excluding hydrogens is 474 g/mol. The summed E-state index contributed by atoms with van der Waals surface area (Å²) in [4.78, 5) is 39.3. The van der Waals surface area contributed by atoms with Crippen molar-refractivity contribution >= 4 is 51.1 Å². The van der Waals surface area contributed by atoms with Gasteiger partial charge in [0.05, 0.1) is 16.8 Å². The Bertz CT molecular complexity index is 986. The van der Waals surface area contributed by atoms with E-state index in [1.54, 1.807) is 36.4 Å². The van der Waals surface area contributed by atoms with Crippen molar-refractivity contribution in [3.05, 3.63) is 57.5 Å². The number of urea groups is 1. The number of amides is 4. The van der Waals surface area contributed by atoms with Crippen molar-refractivity contribution in [2.75, 3.05) is 18.5 Å². The predicted molar refractivity (Wildman–Crippen MR) is 118 cm³/mol. The van der Waals surface area contributed by atoms with Crippen LogP contribution < -0.4 is 15.4 Å². The molecule has 158 valence electrons. The van der Waals surface area contributed by atoms with E-state index in [0.29, 0.717) is 39.5 Å². The molecule has 3 rings (SSSR count). The maximum absolute atomic E-state index is 13.1. The normalized spacial score (nSPS) is 18.3.